The molecule has 3 heteroatoms. The molecule has 2 aromatic carbocycles. The summed E-state index contributed by atoms with van der Waals surface area (Å²) in [6.45, 7) is 10.5. The highest BCUT2D eigenvalue weighted by atomic mass is 16.5. The van der Waals surface area contributed by atoms with Crippen molar-refractivity contribution < 1.29 is 9.47 Å². The molecule has 0 radical (unpaired) electrons. The Morgan fingerprint density at radius 3 is 2.36 bits per heavy atom. The molecule has 2 aromatic rings. The van der Waals surface area contributed by atoms with E-state index in [9.17, 15) is 0 Å². The minimum atomic E-state index is 0.277. The van der Waals surface area contributed by atoms with Crippen molar-refractivity contribution in [2.24, 2.45) is 5.41 Å². The molecule has 0 amide bonds. The normalized spacial score (nSPS) is 12.7. The first-order valence-electron chi connectivity index (χ1n) is 8.97. The van der Waals surface area contributed by atoms with Gasteiger partial charge in [0.25, 0.3) is 0 Å². The molecule has 25 heavy (non-hydrogen) atoms. The van der Waals surface area contributed by atoms with Crippen LogP contribution in [0.5, 0.6) is 11.5 Å². The highest BCUT2D eigenvalue weighted by molar-refractivity contribution is 5.44. The Morgan fingerprint density at radius 1 is 1.00 bits per heavy atom. The number of nitrogens with one attached hydrogen (secondary N) is 1. The number of methoxy groups -OCH3 is 1. The largest absolute Gasteiger partial charge is 0.493 e. The van der Waals surface area contributed by atoms with Gasteiger partial charge in [0.2, 0.25) is 0 Å². The molecule has 0 fully saturated rings. The van der Waals surface area contributed by atoms with Gasteiger partial charge in [0.05, 0.1) is 7.11 Å². The molecule has 0 saturated carbocycles. The van der Waals surface area contributed by atoms with Crippen LogP contribution in [0.15, 0.2) is 48.5 Å². The molecule has 136 valence electrons. The number of hydrogen-bond donors (Lipinski definition) is 1. The predicted molar refractivity (Wildman–Crippen MR) is 104 cm³/mol. The van der Waals surface area contributed by atoms with Gasteiger partial charge in [-0.1, -0.05) is 57.2 Å². The lowest BCUT2D eigenvalue weighted by Crippen LogP contribution is -2.23. The molecule has 0 aliphatic rings. The molecule has 2 rings (SSSR count). The highest BCUT2D eigenvalue weighted by Crippen LogP contribution is 2.31. The van der Waals surface area contributed by atoms with Gasteiger partial charge in [0, 0.05) is 6.04 Å². The van der Waals surface area contributed by atoms with Crippen LogP contribution in [0.3, 0.4) is 0 Å². The molecular weight excluding hydrogens is 310 g/mol. The van der Waals surface area contributed by atoms with Crippen molar-refractivity contribution in [1.29, 1.82) is 0 Å². The fourth-order valence-electron chi connectivity index (χ4n) is 2.59. The smallest absolute Gasteiger partial charge is 0.161 e. The molecule has 0 aromatic heterocycles. The minimum absolute atomic E-state index is 0.277. The van der Waals surface area contributed by atoms with Crippen molar-refractivity contribution in [2.75, 3.05) is 13.7 Å². The molecule has 0 spiro atoms. The average molecular weight is 341 g/mol. The van der Waals surface area contributed by atoms with E-state index < -0.39 is 0 Å². The van der Waals surface area contributed by atoms with Gasteiger partial charge in [-0.2, -0.15) is 0 Å². The SMILES string of the molecule is COc1cc(C(C)NCCC(C)(C)C)ccc1OCc1ccccc1. The second-order valence-electron chi connectivity index (χ2n) is 7.67. The maximum atomic E-state index is 5.93. The molecule has 1 N–H and O–H groups in total. The van der Waals surface area contributed by atoms with Gasteiger partial charge < -0.3 is 14.8 Å². The fourth-order valence-corrected chi connectivity index (χ4v) is 2.59. The summed E-state index contributed by atoms with van der Waals surface area (Å²) in [5, 5.41) is 3.59. The van der Waals surface area contributed by atoms with Crippen LogP contribution < -0.4 is 14.8 Å². The van der Waals surface area contributed by atoms with Crippen molar-refractivity contribution in [3.63, 3.8) is 0 Å². The zero-order chi connectivity index (χ0) is 18.3. The van der Waals surface area contributed by atoms with Crippen LogP contribution >= 0.6 is 0 Å². The van der Waals surface area contributed by atoms with E-state index in [0.717, 1.165) is 30.0 Å². The predicted octanol–water partition coefficient (Wildman–Crippen LogP) is 5.36. The Hall–Kier alpha value is -2.00. The molecule has 3 nitrogen and oxygen atoms in total. The summed E-state index contributed by atoms with van der Waals surface area (Å²) >= 11 is 0. The summed E-state index contributed by atoms with van der Waals surface area (Å²) in [6, 6.07) is 16.6. The highest BCUT2D eigenvalue weighted by Gasteiger charge is 2.13. The Labute approximate surface area is 152 Å². The van der Waals surface area contributed by atoms with Crippen molar-refractivity contribution in [2.45, 2.75) is 46.8 Å². The number of hydrogen-bond acceptors (Lipinski definition) is 3. The number of ether oxygens (including phenoxy) is 2. The molecule has 1 atom stereocenters. The second kappa shape index (κ2) is 8.91. The third-order valence-corrected chi connectivity index (χ3v) is 4.25. The molecule has 0 aliphatic heterocycles. The first kappa shape index (κ1) is 19.3. The topological polar surface area (TPSA) is 30.5 Å². The van der Waals surface area contributed by atoms with Gasteiger partial charge in [0.15, 0.2) is 11.5 Å². The summed E-state index contributed by atoms with van der Waals surface area (Å²) in [4.78, 5) is 0. The molecule has 0 heterocycles. The number of rotatable bonds is 8. The van der Waals surface area contributed by atoms with Gasteiger partial charge in [-0.3, -0.25) is 0 Å². The Morgan fingerprint density at radius 2 is 1.72 bits per heavy atom. The summed E-state index contributed by atoms with van der Waals surface area (Å²) in [7, 11) is 1.69. The molecule has 1 unspecified atom stereocenters. The van der Waals surface area contributed by atoms with Gasteiger partial charge in [-0.05, 0) is 48.6 Å². The van der Waals surface area contributed by atoms with E-state index >= 15 is 0 Å². The van der Waals surface area contributed by atoms with Crippen LogP contribution in [0.25, 0.3) is 0 Å². The Bertz CT molecular complexity index is 647. The van der Waals surface area contributed by atoms with Crippen LogP contribution in [-0.2, 0) is 6.61 Å². The summed E-state index contributed by atoms with van der Waals surface area (Å²) in [5.41, 5.74) is 2.70. The third-order valence-electron chi connectivity index (χ3n) is 4.25. The summed E-state index contributed by atoms with van der Waals surface area (Å²) < 4.78 is 11.5. The van der Waals surface area contributed by atoms with Crippen LogP contribution in [0.2, 0.25) is 0 Å². The van der Waals surface area contributed by atoms with E-state index in [4.69, 9.17) is 9.47 Å². The zero-order valence-corrected chi connectivity index (χ0v) is 16.1. The quantitative estimate of drug-likeness (QED) is 0.701. The maximum Gasteiger partial charge on any atom is 0.161 e. The zero-order valence-electron chi connectivity index (χ0n) is 16.1. The Balaban J connectivity index is 1.98. The summed E-state index contributed by atoms with van der Waals surface area (Å²) in [5.74, 6) is 1.55. The lowest BCUT2D eigenvalue weighted by molar-refractivity contribution is 0.284. The average Bonchev–Trinajstić information content (AvgIpc) is 2.59. The van der Waals surface area contributed by atoms with Gasteiger partial charge in [-0.15, -0.1) is 0 Å². The first-order chi connectivity index (χ1) is 11.9. The molecule has 0 saturated heterocycles. The van der Waals surface area contributed by atoms with Crippen LogP contribution in [0.1, 0.15) is 51.3 Å². The van der Waals surface area contributed by atoms with Crippen molar-refractivity contribution >= 4 is 0 Å². The lowest BCUT2D eigenvalue weighted by Gasteiger charge is -2.21. The van der Waals surface area contributed by atoms with Crippen molar-refractivity contribution in [3.05, 3.63) is 59.7 Å². The van der Waals surface area contributed by atoms with E-state index in [2.05, 4.69) is 57.3 Å². The molecule has 0 bridgehead atoms. The molecule has 0 aliphatic carbocycles. The van der Waals surface area contributed by atoms with E-state index in [1.54, 1.807) is 7.11 Å². The van der Waals surface area contributed by atoms with Crippen LogP contribution in [-0.4, -0.2) is 13.7 Å². The third kappa shape index (κ3) is 6.43. The van der Waals surface area contributed by atoms with E-state index in [-0.39, 0.29) is 6.04 Å². The summed E-state index contributed by atoms with van der Waals surface area (Å²) in [6.07, 6.45) is 1.15. The van der Waals surface area contributed by atoms with Crippen molar-refractivity contribution in [1.82, 2.24) is 5.32 Å². The first-order valence-corrected chi connectivity index (χ1v) is 8.97. The molecular formula is C22H31NO2. The van der Waals surface area contributed by atoms with Crippen molar-refractivity contribution in [3.8, 4) is 11.5 Å². The lowest BCUT2D eigenvalue weighted by atomic mass is 9.92. The van der Waals surface area contributed by atoms with E-state index in [0.29, 0.717) is 12.0 Å². The fraction of sp³-hybridized carbons (Fsp3) is 0.455. The minimum Gasteiger partial charge on any atom is -0.493 e. The van der Waals surface area contributed by atoms with Gasteiger partial charge in [-0.25, -0.2) is 0 Å². The maximum absolute atomic E-state index is 5.93. The van der Waals surface area contributed by atoms with E-state index in [1.807, 2.05) is 24.3 Å². The standard InChI is InChI=1S/C22H31NO2/c1-17(23-14-13-22(2,3)4)19-11-12-20(21(15-19)24-5)25-16-18-9-7-6-8-10-18/h6-12,15,17,23H,13-14,16H2,1-5H3. The second-order valence-corrected chi connectivity index (χ2v) is 7.67. The van der Waals surface area contributed by atoms with Gasteiger partial charge in [0.1, 0.15) is 6.61 Å². The van der Waals surface area contributed by atoms with Crippen LogP contribution in [0, 0.1) is 5.41 Å². The monoisotopic (exact) mass is 341 g/mol. The van der Waals surface area contributed by atoms with Crippen LogP contribution in [0.4, 0.5) is 0 Å². The Kier molecular flexibility index (Phi) is 6.89. The van der Waals surface area contributed by atoms with Gasteiger partial charge >= 0.3 is 0 Å². The van der Waals surface area contributed by atoms with E-state index in [1.165, 1.54) is 5.56 Å². The number of benzene rings is 2.